The van der Waals surface area contributed by atoms with Crippen LogP contribution in [-0.4, -0.2) is 11.9 Å². The fourth-order valence-corrected chi connectivity index (χ4v) is 2.30. The predicted octanol–water partition coefficient (Wildman–Crippen LogP) is 2.99. The molecule has 1 amide bonds. The minimum Gasteiger partial charge on any atom is -0.330 e. The standard InChI is InChI=1S/C17H19ClN2O/c1-12(14-8-10-15(18)11-9-14)19-13(2)17(21)20-16-6-4-3-5-7-16/h3-13,19H,1-2H3,(H,20,21)/p+1/t12-,13+/m1/s1. The topological polar surface area (TPSA) is 45.7 Å². The highest BCUT2D eigenvalue weighted by molar-refractivity contribution is 6.30. The number of carbonyl (C=O) groups is 1. The second-order valence-electron chi connectivity index (χ2n) is 5.18. The molecule has 0 aliphatic carbocycles. The molecule has 3 N–H and O–H groups in total. The van der Waals surface area contributed by atoms with E-state index in [0.717, 1.165) is 16.3 Å². The second-order valence-corrected chi connectivity index (χ2v) is 5.61. The number of benzene rings is 2. The molecule has 0 saturated carbocycles. The summed E-state index contributed by atoms with van der Waals surface area (Å²) in [6.07, 6.45) is 0. The first-order chi connectivity index (χ1) is 10.1. The maximum Gasteiger partial charge on any atom is 0.282 e. The first kappa shape index (κ1) is 15.5. The van der Waals surface area contributed by atoms with E-state index in [1.54, 1.807) is 0 Å². The zero-order chi connectivity index (χ0) is 15.2. The molecule has 2 rings (SSSR count). The van der Waals surface area contributed by atoms with Gasteiger partial charge in [0.15, 0.2) is 6.04 Å². The SMILES string of the molecule is C[C@H]([NH2+][C@H](C)c1ccc(Cl)cc1)C(=O)Nc1ccccc1. The second kappa shape index (κ2) is 7.25. The monoisotopic (exact) mass is 303 g/mol. The summed E-state index contributed by atoms with van der Waals surface area (Å²) in [7, 11) is 0. The van der Waals surface area contributed by atoms with Crippen molar-refractivity contribution in [2.75, 3.05) is 5.32 Å². The van der Waals surface area contributed by atoms with Gasteiger partial charge in [0.2, 0.25) is 0 Å². The van der Waals surface area contributed by atoms with Crippen LogP contribution in [0.4, 0.5) is 5.69 Å². The molecule has 0 fully saturated rings. The first-order valence-electron chi connectivity index (χ1n) is 7.02. The lowest BCUT2D eigenvalue weighted by atomic mass is 10.1. The van der Waals surface area contributed by atoms with Crippen LogP contribution < -0.4 is 10.6 Å². The molecule has 21 heavy (non-hydrogen) atoms. The van der Waals surface area contributed by atoms with E-state index in [4.69, 9.17) is 11.6 Å². The van der Waals surface area contributed by atoms with Gasteiger partial charge in [-0.15, -0.1) is 0 Å². The van der Waals surface area contributed by atoms with Crippen molar-refractivity contribution in [2.45, 2.75) is 25.9 Å². The summed E-state index contributed by atoms with van der Waals surface area (Å²) in [5.74, 6) is 0.00186. The highest BCUT2D eigenvalue weighted by atomic mass is 35.5. The zero-order valence-electron chi connectivity index (χ0n) is 12.2. The van der Waals surface area contributed by atoms with Crippen LogP contribution in [0, 0.1) is 0 Å². The van der Waals surface area contributed by atoms with Crippen molar-refractivity contribution in [3.05, 3.63) is 65.2 Å². The lowest BCUT2D eigenvalue weighted by Gasteiger charge is -2.17. The maximum absolute atomic E-state index is 12.2. The van der Waals surface area contributed by atoms with E-state index in [1.165, 1.54) is 0 Å². The van der Waals surface area contributed by atoms with Gasteiger partial charge >= 0.3 is 0 Å². The van der Waals surface area contributed by atoms with Gasteiger partial charge in [-0.25, -0.2) is 0 Å². The molecule has 4 heteroatoms. The number of hydrogen-bond donors (Lipinski definition) is 2. The van der Waals surface area contributed by atoms with Crippen molar-refractivity contribution in [3.8, 4) is 0 Å². The summed E-state index contributed by atoms with van der Waals surface area (Å²) in [4.78, 5) is 12.2. The van der Waals surface area contributed by atoms with Crippen molar-refractivity contribution < 1.29 is 10.1 Å². The molecule has 110 valence electrons. The molecule has 0 heterocycles. The molecule has 0 aliphatic heterocycles. The van der Waals surface area contributed by atoms with Gasteiger partial charge in [-0.05, 0) is 38.1 Å². The summed E-state index contributed by atoms with van der Waals surface area (Å²) in [5.41, 5.74) is 1.97. The van der Waals surface area contributed by atoms with E-state index in [9.17, 15) is 4.79 Å². The summed E-state index contributed by atoms with van der Waals surface area (Å²) in [6, 6.07) is 17.2. The highest BCUT2D eigenvalue weighted by Gasteiger charge is 2.20. The predicted molar refractivity (Wildman–Crippen MR) is 86.3 cm³/mol. The van der Waals surface area contributed by atoms with Crippen LogP contribution >= 0.6 is 11.6 Å². The number of amides is 1. The molecule has 3 nitrogen and oxygen atoms in total. The number of quaternary nitrogens is 1. The smallest absolute Gasteiger partial charge is 0.282 e. The van der Waals surface area contributed by atoms with Crippen LogP contribution in [0.3, 0.4) is 0 Å². The van der Waals surface area contributed by atoms with Gasteiger partial charge in [-0.3, -0.25) is 4.79 Å². The van der Waals surface area contributed by atoms with E-state index >= 15 is 0 Å². The van der Waals surface area contributed by atoms with Crippen molar-refractivity contribution >= 4 is 23.2 Å². The molecule has 0 bridgehead atoms. The number of carbonyl (C=O) groups excluding carboxylic acids is 1. The quantitative estimate of drug-likeness (QED) is 0.876. The molecule has 0 spiro atoms. The fourth-order valence-electron chi connectivity index (χ4n) is 2.18. The van der Waals surface area contributed by atoms with Gasteiger partial charge in [0.05, 0.1) is 0 Å². The molecular formula is C17H20ClN2O+. The van der Waals surface area contributed by atoms with Crippen LogP contribution in [0.5, 0.6) is 0 Å². The van der Waals surface area contributed by atoms with Crippen molar-refractivity contribution in [1.82, 2.24) is 0 Å². The molecule has 0 radical (unpaired) electrons. The van der Waals surface area contributed by atoms with Gasteiger partial charge in [0.1, 0.15) is 6.04 Å². The van der Waals surface area contributed by atoms with E-state index < -0.39 is 0 Å². The van der Waals surface area contributed by atoms with Crippen molar-refractivity contribution in [1.29, 1.82) is 0 Å². The molecule has 0 saturated heterocycles. The van der Waals surface area contributed by atoms with Gasteiger partial charge in [-0.1, -0.05) is 41.9 Å². The number of nitrogens with one attached hydrogen (secondary N) is 1. The normalized spacial score (nSPS) is 13.5. The van der Waals surface area contributed by atoms with Gasteiger partial charge < -0.3 is 10.6 Å². The van der Waals surface area contributed by atoms with Gasteiger partial charge in [0, 0.05) is 16.3 Å². The summed E-state index contributed by atoms with van der Waals surface area (Å²) in [5, 5.41) is 5.68. The lowest BCUT2D eigenvalue weighted by Crippen LogP contribution is -2.91. The van der Waals surface area contributed by atoms with E-state index in [1.807, 2.05) is 66.8 Å². The minimum absolute atomic E-state index is 0.00186. The Morgan fingerprint density at radius 1 is 1.05 bits per heavy atom. The third-order valence-electron chi connectivity index (χ3n) is 3.43. The Balaban J connectivity index is 1.92. The number of nitrogens with two attached hydrogens (primary N) is 1. The van der Waals surface area contributed by atoms with E-state index in [0.29, 0.717) is 0 Å². The number of hydrogen-bond acceptors (Lipinski definition) is 1. The Morgan fingerprint density at radius 2 is 1.67 bits per heavy atom. The molecule has 2 aromatic carbocycles. The molecule has 0 aliphatic rings. The van der Waals surface area contributed by atoms with Crippen LogP contribution in [0.2, 0.25) is 5.02 Å². The largest absolute Gasteiger partial charge is 0.330 e. The number of halogens is 1. The number of anilines is 1. The number of para-hydroxylation sites is 1. The van der Waals surface area contributed by atoms with Crippen LogP contribution in [0.15, 0.2) is 54.6 Å². The molecular weight excluding hydrogens is 284 g/mol. The van der Waals surface area contributed by atoms with Gasteiger partial charge in [0.25, 0.3) is 5.91 Å². The van der Waals surface area contributed by atoms with Crippen molar-refractivity contribution in [2.24, 2.45) is 0 Å². The minimum atomic E-state index is -0.170. The fraction of sp³-hybridized carbons (Fsp3) is 0.235. The third kappa shape index (κ3) is 4.59. The van der Waals surface area contributed by atoms with Crippen LogP contribution in [-0.2, 0) is 4.79 Å². The van der Waals surface area contributed by atoms with Crippen LogP contribution in [0.25, 0.3) is 0 Å². The van der Waals surface area contributed by atoms with Crippen molar-refractivity contribution in [3.63, 3.8) is 0 Å². The Bertz CT molecular complexity index is 583. The Labute approximate surface area is 130 Å². The average Bonchev–Trinajstić information content (AvgIpc) is 2.48. The summed E-state index contributed by atoms with van der Waals surface area (Å²) >= 11 is 5.89. The Morgan fingerprint density at radius 3 is 2.29 bits per heavy atom. The van der Waals surface area contributed by atoms with Gasteiger partial charge in [-0.2, -0.15) is 0 Å². The Hall–Kier alpha value is -1.84. The Kier molecular flexibility index (Phi) is 5.37. The molecule has 2 atom stereocenters. The lowest BCUT2D eigenvalue weighted by molar-refractivity contribution is -0.709. The van der Waals surface area contributed by atoms with E-state index in [2.05, 4.69) is 12.2 Å². The third-order valence-corrected chi connectivity index (χ3v) is 3.68. The highest BCUT2D eigenvalue weighted by Crippen LogP contribution is 2.13. The molecule has 0 aromatic heterocycles. The molecule has 2 aromatic rings. The first-order valence-corrected chi connectivity index (χ1v) is 7.40. The molecule has 0 unspecified atom stereocenters. The van der Waals surface area contributed by atoms with Crippen LogP contribution in [0.1, 0.15) is 25.5 Å². The summed E-state index contributed by atoms with van der Waals surface area (Å²) in [6.45, 7) is 3.99. The average molecular weight is 304 g/mol. The number of rotatable bonds is 5. The maximum atomic E-state index is 12.2. The summed E-state index contributed by atoms with van der Waals surface area (Å²) < 4.78 is 0. The van der Waals surface area contributed by atoms with E-state index in [-0.39, 0.29) is 18.0 Å². The zero-order valence-corrected chi connectivity index (χ0v) is 13.0.